The van der Waals surface area contributed by atoms with Crippen LogP contribution in [0.3, 0.4) is 0 Å². The first-order chi connectivity index (χ1) is 9.43. The Labute approximate surface area is 118 Å². The molecular weight excluding hydrogens is 280 g/mol. The number of carbonyl (C=O) groups is 1. The van der Waals surface area contributed by atoms with Gasteiger partial charge in [0.05, 0.1) is 12.2 Å². The zero-order chi connectivity index (χ0) is 14.9. The fourth-order valence-electron chi connectivity index (χ4n) is 2.49. The van der Waals surface area contributed by atoms with E-state index in [1.54, 1.807) is 38.1 Å². The minimum absolute atomic E-state index is 0.0481. The monoisotopic (exact) mass is 298 g/mol. The van der Waals surface area contributed by atoms with Gasteiger partial charge in [-0.1, -0.05) is 32.0 Å². The molecule has 0 radical (unpaired) electrons. The van der Waals surface area contributed by atoms with Crippen LogP contribution in [-0.4, -0.2) is 43.4 Å². The van der Waals surface area contributed by atoms with Crippen LogP contribution in [0, 0.1) is 0 Å². The number of para-hydroxylation sites is 1. The molecule has 1 heterocycles. The van der Waals surface area contributed by atoms with Crippen LogP contribution in [0.25, 0.3) is 0 Å². The fraction of sp³-hybridized carbons (Fsp3) is 0.462. The van der Waals surface area contributed by atoms with E-state index in [4.69, 9.17) is 0 Å². The first kappa shape index (κ1) is 14.8. The number of hydrogen-bond acceptors (Lipinski definition) is 3. The van der Waals surface area contributed by atoms with Crippen LogP contribution in [-0.2, 0) is 15.0 Å². The minimum Gasteiger partial charge on any atom is -0.481 e. The molecule has 0 saturated heterocycles. The van der Waals surface area contributed by atoms with Crippen molar-refractivity contribution in [3.05, 3.63) is 29.8 Å². The van der Waals surface area contributed by atoms with Gasteiger partial charge in [-0.15, -0.1) is 0 Å². The largest absolute Gasteiger partial charge is 0.481 e. The molecule has 1 unspecified atom stereocenters. The molecule has 0 saturated carbocycles. The number of aliphatic carboxylic acids is 1. The summed E-state index contributed by atoms with van der Waals surface area (Å²) in [6, 6.07) is 6.77. The quantitative estimate of drug-likeness (QED) is 0.887. The molecule has 0 bridgehead atoms. The van der Waals surface area contributed by atoms with E-state index in [1.807, 2.05) is 0 Å². The predicted molar refractivity (Wildman–Crippen MR) is 76.0 cm³/mol. The topological polar surface area (TPSA) is 77.9 Å². The van der Waals surface area contributed by atoms with E-state index in [0.717, 1.165) is 0 Å². The number of benzene rings is 1. The molecule has 6 nitrogen and oxygen atoms in total. The van der Waals surface area contributed by atoms with E-state index in [2.05, 4.69) is 0 Å². The number of nitrogens with zero attached hydrogens (tertiary/aromatic N) is 2. The van der Waals surface area contributed by atoms with Crippen LogP contribution in [0.4, 0.5) is 5.69 Å². The molecule has 1 aliphatic heterocycles. The summed E-state index contributed by atoms with van der Waals surface area (Å²) < 4.78 is 27.7. The van der Waals surface area contributed by atoms with Crippen molar-refractivity contribution in [3.8, 4) is 0 Å². The Bertz CT molecular complexity index is 611. The molecule has 0 amide bonds. The lowest BCUT2D eigenvalue weighted by molar-refractivity contribution is -0.138. The summed E-state index contributed by atoms with van der Waals surface area (Å²) in [6.45, 7) is 4.19. The molecule has 7 heteroatoms. The minimum atomic E-state index is -3.68. The summed E-state index contributed by atoms with van der Waals surface area (Å²) in [5.74, 6) is -1.81. The van der Waals surface area contributed by atoms with Crippen molar-refractivity contribution in [1.82, 2.24) is 4.31 Å². The second-order valence-electron chi connectivity index (χ2n) is 4.57. The summed E-state index contributed by atoms with van der Waals surface area (Å²) in [4.78, 5) is 11.3. The highest BCUT2D eigenvalue weighted by Crippen LogP contribution is 2.38. The summed E-state index contributed by atoms with van der Waals surface area (Å²) in [5, 5.41) is 9.26. The van der Waals surface area contributed by atoms with E-state index < -0.39 is 22.1 Å². The maximum atomic E-state index is 12.6. The molecule has 0 aliphatic carbocycles. The Kier molecular flexibility index (Phi) is 4.01. The fourth-order valence-corrected chi connectivity index (χ4v) is 4.17. The third-order valence-electron chi connectivity index (χ3n) is 3.54. The zero-order valence-electron chi connectivity index (χ0n) is 11.5. The van der Waals surface area contributed by atoms with Gasteiger partial charge in [-0.25, -0.2) is 0 Å². The van der Waals surface area contributed by atoms with E-state index >= 15 is 0 Å². The smallest absolute Gasteiger partial charge is 0.312 e. The van der Waals surface area contributed by atoms with Crippen molar-refractivity contribution >= 4 is 21.9 Å². The van der Waals surface area contributed by atoms with Gasteiger partial charge in [0.1, 0.15) is 5.92 Å². The van der Waals surface area contributed by atoms with Gasteiger partial charge in [0, 0.05) is 13.1 Å². The molecule has 1 aliphatic rings. The Morgan fingerprint density at radius 3 is 2.50 bits per heavy atom. The number of carboxylic acid groups (broad SMARTS) is 1. The summed E-state index contributed by atoms with van der Waals surface area (Å²) in [5.41, 5.74) is 1.02. The lowest BCUT2D eigenvalue weighted by atomic mass is 10.0. The Hall–Kier alpha value is -1.60. The van der Waals surface area contributed by atoms with Crippen LogP contribution in [0.5, 0.6) is 0 Å². The normalized spacial score (nSPS) is 18.4. The van der Waals surface area contributed by atoms with E-state index in [0.29, 0.717) is 24.3 Å². The second kappa shape index (κ2) is 5.41. The highest BCUT2D eigenvalue weighted by Gasteiger charge is 2.40. The Morgan fingerprint density at radius 2 is 1.95 bits per heavy atom. The van der Waals surface area contributed by atoms with Gasteiger partial charge in [0.15, 0.2) is 0 Å². The maximum absolute atomic E-state index is 12.6. The predicted octanol–water partition coefficient (Wildman–Crippen LogP) is 1.26. The molecular formula is C13H18N2O4S. The average molecular weight is 298 g/mol. The highest BCUT2D eigenvalue weighted by atomic mass is 32.2. The Morgan fingerprint density at radius 1 is 1.35 bits per heavy atom. The molecule has 0 spiro atoms. The van der Waals surface area contributed by atoms with Crippen molar-refractivity contribution < 1.29 is 18.3 Å². The van der Waals surface area contributed by atoms with E-state index in [-0.39, 0.29) is 6.54 Å². The Balaban J connectivity index is 2.48. The second-order valence-corrected chi connectivity index (χ2v) is 6.43. The third-order valence-corrected chi connectivity index (χ3v) is 5.61. The van der Waals surface area contributed by atoms with Gasteiger partial charge < -0.3 is 5.11 Å². The van der Waals surface area contributed by atoms with Gasteiger partial charge in [0.25, 0.3) is 0 Å². The molecule has 1 N–H and O–H groups in total. The van der Waals surface area contributed by atoms with Gasteiger partial charge in [-0.2, -0.15) is 12.7 Å². The number of anilines is 1. The lowest BCUT2D eigenvalue weighted by Crippen LogP contribution is -2.43. The average Bonchev–Trinajstić information content (AvgIpc) is 2.80. The van der Waals surface area contributed by atoms with Crippen molar-refractivity contribution in [3.63, 3.8) is 0 Å². The van der Waals surface area contributed by atoms with Crippen molar-refractivity contribution in [2.45, 2.75) is 19.8 Å². The van der Waals surface area contributed by atoms with Crippen LogP contribution < -0.4 is 4.31 Å². The number of carboxylic acids is 1. The molecule has 1 aromatic rings. The number of fused-ring (bicyclic) bond motifs is 1. The molecule has 0 fully saturated rings. The standard InChI is InChI=1S/C13H18N2O4S/c1-3-14(4-2)20(18,19)15-9-11(13(16)17)10-7-5-6-8-12(10)15/h5-8,11H,3-4,9H2,1-2H3,(H,16,17). The molecule has 1 atom stereocenters. The van der Waals surface area contributed by atoms with Crippen LogP contribution in [0.2, 0.25) is 0 Å². The lowest BCUT2D eigenvalue weighted by Gasteiger charge is -2.27. The van der Waals surface area contributed by atoms with Gasteiger partial charge in [-0.05, 0) is 11.6 Å². The molecule has 1 aromatic carbocycles. The highest BCUT2D eigenvalue weighted by molar-refractivity contribution is 7.90. The zero-order valence-corrected chi connectivity index (χ0v) is 12.3. The van der Waals surface area contributed by atoms with E-state index in [9.17, 15) is 18.3 Å². The molecule has 20 heavy (non-hydrogen) atoms. The summed E-state index contributed by atoms with van der Waals surface area (Å²) >= 11 is 0. The van der Waals surface area contributed by atoms with Gasteiger partial charge >= 0.3 is 16.2 Å². The van der Waals surface area contributed by atoms with Gasteiger partial charge in [0.2, 0.25) is 0 Å². The summed E-state index contributed by atoms with van der Waals surface area (Å²) in [6.07, 6.45) is 0. The van der Waals surface area contributed by atoms with Crippen LogP contribution >= 0.6 is 0 Å². The van der Waals surface area contributed by atoms with E-state index in [1.165, 1.54) is 8.61 Å². The molecule has 2 rings (SSSR count). The molecule has 110 valence electrons. The summed E-state index contributed by atoms with van der Waals surface area (Å²) in [7, 11) is -3.68. The first-order valence-corrected chi connectivity index (χ1v) is 7.92. The van der Waals surface area contributed by atoms with Crippen molar-refractivity contribution in [1.29, 1.82) is 0 Å². The van der Waals surface area contributed by atoms with Gasteiger partial charge in [-0.3, -0.25) is 9.10 Å². The third kappa shape index (κ3) is 2.27. The SMILES string of the molecule is CCN(CC)S(=O)(=O)N1CC(C(=O)O)c2ccccc21. The first-order valence-electron chi connectivity index (χ1n) is 6.53. The van der Waals surface area contributed by atoms with Crippen LogP contribution in [0.1, 0.15) is 25.3 Å². The van der Waals surface area contributed by atoms with Crippen LogP contribution in [0.15, 0.2) is 24.3 Å². The molecule has 0 aromatic heterocycles. The van der Waals surface area contributed by atoms with Crippen molar-refractivity contribution in [2.24, 2.45) is 0 Å². The maximum Gasteiger partial charge on any atom is 0.312 e. The van der Waals surface area contributed by atoms with Crippen molar-refractivity contribution in [2.75, 3.05) is 23.9 Å². The number of hydrogen-bond donors (Lipinski definition) is 1. The number of rotatable bonds is 5.